The molecule has 1 aliphatic heterocycles. The number of hydrogen-bond donors (Lipinski definition) is 0. The summed E-state index contributed by atoms with van der Waals surface area (Å²) in [5.74, 6) is -0.171. The minimum Gasteiger partial charge on any atom is -0.360 e. The molecule has 1 fully saturated rings. The van der Waals surface area contributed by atoms with Gasteiger partial charge in [0.05, 0.1) is 22.7 Å². The summed E-state index contributed by atoms with van der Waals surface area (Å²) in [6, 6.07) is 7.87. The van der Waals surface area contributed by atoms with Crippen LogP contribution in [0.1, 0.15) is 29.3 Å². The SMILES string of the molecule is Cc1noc(C)c1S(=O)(=O)N1CCCC(C(=O)N(C)Cc2nc3ccccc3s2)C1. The number of hydrogen-bond acceptors (Lipinski definition) is 7. The maximum Gasteiger partial charge on any atom is 0.248 e. The van der Waals surface area contributed by atoms with E-state index in [0.717, 1.165) is 15.2 Å². The van der Waals surface area contributed by atoms with Gasteiger partial charge in [0.15, 0.2) is 5.76 Å². The Morgan fingerprint density at radius 2 is 2.10 bits per heavy atom. The lowest BCUT2D eigenvalue weighted by atomic mass is 9.98. The number of rotatable bonds is 5. The Morgan fingerprint density at radius 3 is 2.80 bits per heavy atom. The molecular formula is C20H24N4O4S2. The van der Waals surface area contributed by atoms with Crippen molar-refractivity contribution in [3.8, 4) is 0 Å². The van der Waals surface area contributed by atoms with Gasteiger partial charge in [-0.3, -0.25) is 4.79 Å². The maximum absolute atomic E-state index is 13.1. The quantitative estimate of drug-likeness (QED) is 0.595. The van der Waals surface area contributed by atoms with Crippen LogP contribution in [0.3, 0.4) is 0 Å². The van der Waals surface area contributed by atoms with E-state index in [1.165, 1.54) is 4.31 Å². The summed E-state index contributed by atoms with van der Waals surface area (Å²) in [6.45, 7) is 4.16. The van der Waals surface area contributed by atoms with Crippen molar-refractivity contribution in [3.63, 3.8) is 0 Å². The molecule has 0 bridgehead atoms. The highest BCUT2D eigenvalue weighted by Crippen LogP contribution is 2.29. The van der Waals surface area contributed by atoms with Crippen molar-refractivity contribution in [1.29, 1.82) is 0 Å². The monoisotopic (exact) mass is 448 g/mol. The topological polar surface area (TPSA) is 96.6 Å². The number of carbonyl (C=O) groups excluding carboxylic acids is 1. The molecule has 2 aromatic heterocycles. The maximum atomic E-state index is 13.1. The third-order valence-electron chi connectivity index (χ3n) is 5.39. The number of piperidine rings is 1. The molecule has 3 aromatic rings. The van der Waals surface area contributed by atoms with Crippen molar-refractivity contribution in [2.45, 2.75) is 38.1 Å². The fourth-order valence-electron chi connectivity index (χ4n) is 3.91. The highest BCUT2D eigenvalue weighted by atomic mass is 32.2. The van der Waals surface area contributed by atoms with Gasteiger partial charge < -0.3 is 9.42 Å². The van der Waals surface area contributed by atoms with Crippen LogP contribution in [-0.2, 0) is 21.4 Å². The van der Waals surface area contributed by atoms with Crippen LogP contribution in [0.25, 0.3) is 10.2 Å². The molecule has 30 heavy (non-hydrogen) atoms. The summed E-state index contributed by atoms with van der Waals surface area (Å²) >= 11 is 1.57. The smallest absolute Gasteiger partial charge is 0.248 e. The Kier molecular flexibility index (Phi) is 5.65. The van der Waals surface area contributed by atoms with E-state index >= 15 is 0 Å². The molecule has 1 unspecified atom stereocenters. The Morgan fingerprint density at radius 1 is 1.33 bits per heavy atom. The first kappa shape index (κ1) is 21.0. The highest BCUT2D eigenvalue weighted by Gasteiger charge is 2.37. The first-order valence-corrected chi connectivity index (χ1v) is 12.1. The minimum atomic E-state index is -3.75. The predicted octanol–water partition coefficient (Wildman–Crippen LogP) is 2.96. The van der Waals surface area contributed by atoms with Crippen molar-refractivity contribution in [1.82, 2.24) is 19.3 Å². The lowest BCUT2D eigenvalue weighted by molar-refractivity contribution is -0.135. The van der Waals surface area contributed by atoms with E-state index in [1.54, 1.807) is 37.1 Å². The lowest BCUT2D eigenvalue weighted by Gasteiger charge is -2.33. The van der Waals surface area contributed by atoms with Crippen LogP contribution < -0.4 is 0 Å². The summed E-state index contributed by atoms with van der Waals surface area (Å²) in [5, 5.41) is 4.63. The van der Waals surface area contributed by atoms with Crippen molar-refractivity contribution < 1.29 is 17.7 Å². The van der Waals surface area contributed by atoms with Crippen LogP contribution in [0.15, 0.2) is 33.7 Å². The van der Waals surface area contributed by atoms with Crippen LogP contribution in [-0.4, -0.2) is 53.8 Å². The van der Waals surface area contributed by atoms with Gasteiger partial charge in [0.1, 0.15) is 15.6 Å². The summed E-state index contributed by atoms with van der Waals surface area (Å²) < 4.78 is 33.7. The van der Waals surface area contributed by atoms with Crippen LogP contribution in [0.2, 0.25) is 0 Å². The van der Waals surface area contributed by atoms with Gasteiger partial charge in [-0.1, -0.05) is 17.3 Å². The molecule has 0 spiro atoms. The zero-order chi connectivity index (χ0) is 21.5. The molecule has 4 rings (SSSR count). The average molecular weight is 449 g/mol. The van der Waals surface area contributed by atoms with Gasteiger partial charge in [0, 0.05) is 20.1 Å². The van der Waals surface area contributed by atoms with Crippen molar-refractivity contribution in [3.05, 3.63) is 40.7 Å². The van der Waals surface area contributed by atoms with Crippen molar-refractivity contribution >= 4 is 37.5 Å². The van der Waals surface area contributed by atoms with E-state index in [0.29, 0.717) is 31.6 Å². The van der Waals surface area contributed by atoms with Gasteiger partial charge in [-0.05, 0) is 38.8 Å². The fourth-order valence-corrected chi connectivity index (χ4v) is 6.75. The zero-order valence-corrected chi connectivity index (χ0v) is 18.8. The largest absolute Gasteiger partial charge is 0.360 e. The minimum absolute atomic E-state index is 0.0621. The number of fused-ring (bicyclic) bond motifs is 1. The number of thiazole rings is 1. The Balaban J connectivity index is 1.47. The van der Waals surface area contributed by atoms with Gasteiger partial charge in [-0.25, -0.2) is 13.4 Å². The van der Waals surface area contributed by atoms with E-state index in [2.05, 4.69) is 10.1 Å². The van der Waals surface area contributed by atoms with E-state index in [-0.39, 0.29) is 29.0 Å². The van der Waals surface area contributed by atoms with Crippen molar-refractivity contribution in [2.75, 3.05) is 20.1 Å². The van der Waals surface area contributed by atoms with Crippen LogP contribution in [0.4, 0.5) is 0 Å². The Labute approximate surface area is 179 Å². The normalized spacial score (nSPS) is 18.0. The fraction of sp³-hybridized carbons (Fsp3) is 0.450. The van der Waals surface area contributed by atoms with E-state index in [4.69, 9.17) is 4.52 Å². The Hall–Kier alpha value is -2.30. The lowest BCUT2D eigenvalue weighted by Crippen LogP contribution is -2.45. The number of aryl methyl sites for hydroxylation is 2. The van der Waals surface area contributed by atoms with Crippen molar-refractivity contribution in [2.24, 2.45) is 5.92 Å². The van der Waals surface area contributed by atoms with E-state index < -0.39 is 10.0 Å². The molecule has 1 saturated heterocycles. The molecule has 10 heteroatoms. The van der Waals surface area contributed by atoms with Gasteiger partial charge in [-0.15, -0.1) is 11.3 Å². The number of carbonyl (C=O) groups is 1. The number of para-hydroxylation sites is 1. The molecule has 8 nitrogen and oxygen atoms in total. The standard InChI is InChI=1S/C20H24N4O4S2/c1-13-19(14(2)28-22-13)30(26,27)24-10-6-7-15(11-24)20(25)23(3)12-18-21-16-8-4-5-9-17(16)29-18/h4-5,8-9,15H,6-7,10-12H2,1-3H3. The molecule has 1 aromatic carbocycles. The Bertz CT molecular complexity index is 1130. The predicted molar refractivity (Wildman–Crippen MR) is 114 cm³/mol. The third kappa shape index (κ3) is 3.86. The third-order valence-corrected chi connectivity index (χ3v) is 8.52. The van der Waals surface area contributed by atoms with Gasteiger partial charge in [-0.2, -0.15) is 4.31 Å². The zero-order valence-electron chi connectivity index (χ0n) is 17.2. The van der Waals surface area contributed by atoms with Crippen LogP contribution in [0, 0.1) is 19.8 Å². The molecule has 1 atom stereocenters. The molecule has 0 aliphatic carbocycles. The molecular weight excluding hydrogens is 424 g/mol. The average Bonchev–Trinajstić information content (AvgIpc) is 3.29. The highest BCUT2D eigenvalue weighted by molar-refractivity contribution is 7.89. The summed E-state index contributed by atoms with van der Waals surface area (Å²) in [6.07, 6.45) is 1.30. The summed E-state index contributed by atoms with van der Waals surface area (Å²) in [7, 11) is -2.01. The second-order valence-corrected chi connectivity index (χ2v) is 10.6. The summed E-state index contributed by atoms with van der Waals surface area (Å²) in [5.41, 5.74) is 1.27. The van der Waals surface area contributed by atoms with Crippen LogP contribution >= 0.6 is 11.3 Å². The first-order valence-electron chi connectivity index (χ1n) is 9.80. The molecule has 0 N–H and O–H groups in total. The van der Waals surface area contributed by atoms with E-state index in [1.807, 2.05) is 24.3 Å². The molecule has 3 heterocycles. The van der Waals surface area contributed by atoms with Gasteiger partial charge >= 0.3 is 0 Å². The molecule has 0 radical (unpaired) electrons. The number of nitrogens with zero attached hydrogens (tertiary/aromatic N) is 4. The molecule has 0 saturated carbocycles. The number of amides is 1. The summed E-state index contributed by atoms with van der Waals surface area (Å²) in [4.78, 5) is 19.4. The van der Waals surface area contributed by atoms with Gasteiger partial charge in [0.25, 0.3) is 0 Å². The molecule has 160 valence electrons. The van der Waals surface area contributed by atoms with Gasteiger partial charge in [0.2, 0.25) is 15.9 Å². The molecule has 1 aliphatic rings. The van der Waals surface area contributed by atoms with Crippen LogP contribution in [0.5, 0.6) is 0 Å². The number of benzene rings is 1. The second kappa shape index (κ2) is 8.09. The molecule has 1 amide bonds. The first-order chi connectivity index (χ1) is 14.3. The number of aromatic nitrogens is 2. The number of sulfonamides is 1. The van der Waals surface area contributed by atoms with E-state index in [9.17, 15) is 13.2 Å². The second-order valence-electron chi connectivity index (χ2n) is 7.63.